The summed E-state index contributed by atoms with van der Waals surface area (Å²) in [4.78, 5) is 11.1. The molecule has 3 heterocycles. The lowest BCUT2D eigenvalue weighted by atomic mass is 10.1. The summed E-state index contributed by atoms with van der Waals surface area (Å²) in [5, 5.41) is 12.6. The number of thiophene rings is 1. The van der Waals surface area contributed by atoms with E-state index in [1.54, 1.807) is 11.3 Å². The van der Waals surface area contributed by atoms with Crippen LogP contribution in [0.2, 0.25) is 0 Å². The second-order valence-corrected chi connectivity index (χ2v) is 9.02. The van der Waals surface area contributed by atoms with Gasteiger partial charge in [-0.05, 0) is 36.8 Å². The Bertz CT molecular complexity index is 619. The van der Waals surface area contributed by atoms with E-state index in [4.69, 9.17) is 0 Å². The molecule has 8 heteroatoms. The molecule has 5 nitrogen and oxygen atoms in total. The summed E-state index contributed by atoms with van der Waals surface area (Å²) in [5.41, 5.74) is 0. The molecule has 136 valence electrons. The summed E-state index contributed by atoms with van der Waals surface area (Å²) in [5.74, 6) is 2.00. The first-order chi connectivity index (χ1) is 12.3. The zero-order valence-electron chi connectivity index (χ0n) is 14.5. The van der Waals surface area contributed by atoms with E-state index in [-0.39, 0.29) is 0 Å². The Balaban J connectivity index is 1.31. The maximum Gasteiger partial charge on any atom is 0.191 e. The minimum absolute atomic E-state index is 0.507. The highest BCUT2D eigenvalue weighted by Gasteiger charge is 2.20. The van der Waals surface area contributed by atoms with Crippen LogP contribution < -0.4 is 15.5 Å². The van der Waals surface area contributed by atoms with Gasteiger partial charge in [-0.25, -0.2) is 4.98 Å². The zero-order chi connectivity index (χ0) is 17.3. The number of rotatable bonds is 7. The van der Waals surface area contributed by atoms with Crippen LogP contribution in [0.3, 0.4) is 0 Å². The Kier molecular flexibility index (Phi) is 7.44. The summed E-state index contributed by atoms with van der Waals surface area (Å²) in [6.07, 6.45) is 5.26. The van der Waals surface area contributed by atoms with Crippen molar-refractivity contribution in [3.05, 3.63) is 29.1 Å². The van der Waals surface area contributed by atoms with Crippen LogP contribution in [-0.2, 0) is 0 Å². The summed E-state index contributed by atoms with van der Waals surface area (Å²) >= 11 is 5.36. The molecule has 0 saturated carbocycles. The molecule has 0 spiro atoms. The minimum Gasteiger partial charge on any atom is -0.363 e. The van der Waals surface area contributed by atoms with Crippen LogP contribution in [0, 0.1) is 0 Å². The van der Waals surface area contributed by atoms with Gasteiger partial charge in [0, 0.05) is 50.1 Å². The smallest absolute Gasteiger partial charge is 0.191 e. The second kappa shape index (κ2) is 10.0. The molecule has 0 aromatic carbocycles. The van der Waals surface area contributed by atoms with E-state index in [0.717, 1.165) is 54.9 Å². The molecule has 0 amide bonds. The predicted molar refractivity (Wildman–Crippen MR) is 112 cm³/mol. The monoisotopic (exact) mass is 395 g/mol. The van der Waals surface area contributed by atoms with E-state index in [1.165, 1.54) is 5.00 Å². The number of hydrogen-bond donors (Lipinski definition) is 2. The van der Waals surface area contributed by atoms with E-state index < -0.39 is 0 Å². The number of thioether (sulfide) groups is 1. The number of aliphatic imine (C=N–C) groups is 1. The molecule has 0 bridgehead atoms. The third-order valence-electron chi connectivity index (χ3n) is 4.13. The summed E-state index contributed by atoms with van der Waals surface area (Å²) < 4.78 is 1.15. The number of nitrogens with zero attached hydrogens (tertiary/aromatic N) is 3. The lowest BCUT2D eigenvalue weighted by Gasteiger charge is -2.33. The molecule has 2 aromatic rings. The van der Waals surface area contributed by atoms with E-state index >= 15 is 0 Å². The molecule has 2 aromatic heterocycles. The van der Waals surface area contributed by atoms with Crippen molar-refractivity contribution in [1.82, 2.24) is 15.6 Å². The summed E-state index contributed by atoms with van der Waals surface area (Å²) in [6.45, 7) is 3.16. The second-order valence-electron chi connectivity index (χ2n) is 5.86. The van der Waals surface area contributed by atoms with E-state index in [9.17, 15) is 0 Å². The molecule has 1 aliphatic rings. The topological polar surface area (TPSA) is 52.6 Å². The first kappa shape index (κ1) is 18.5. The highest BCUT2D eigenvalue weighted by Crippen LogP contribution is 2.24. The van der Waals surface area contributed by atoms with Crippen LogP contribution in [0.4, 0.5) is 5.00 Å². The highest BCUT2D eigenvalue weighted by atomic mass is 32.2. The van der Waals surface area contributed by atoms with Crippen molar-refractivity contribution >= 4 is 45.4 Å². The van der Waals surface area contributed by atoms with E-state index in [0.29, 0.717) is 6.04 Å². The van der Waals surface area contributed by atoms with Crippen molar-refractivity contribution in [3.63, 3.8) is 0 Å². The van der Waals surface area contributed by atoms with Crippen LogP contribution in [-0.4, -0.2) is 49.4 Å². The first-order valence-corrected chi connectivity index (χ1v) is 11.4. The molecule has 0 radical (unpaired) electrons. The molecule has 1 fully saturated rings. The molecular weight excluding hydrogens is 370 g/mol. The van der Waals surface area contributed by atoms with Crippen LogP contribution in [0.5, 0.6) is 0 Å². The maximum atomic E-state index is 4.36. The minimum atomic E-state index is 0.507. The van der Waals surface area contributed by atoms with Crippen molar-refractivity contribution < 1.29 is 0 Å². The van der Waals surface area contributed by atoms with Gasteiger partial charge in [0.15, 0.2) is 5.96 Å². The Morgan fingerprint density at radius 2 is 2.24 bits per heavy atom. The maximum absolute atomic E-state index is 4.36. The molecule has 1 saturated heterocycles. The number of guanidine groups is 1. The standard InChI is InChI=1S/C17H25N5S3/c1-18-16(19-7-3-12-24-17-20-8-13-25-17)21-14-5-9-22(10-6-14)15-4-2-11-23-15/h2,4,8,11,13-14H,3,5-7,9-10,12H2,1H3,(H2,18,19,21). The average Bonchev–Trinajstić information content (AvgIpc) is 3.35. The Morgan fingerprint density at radius 3 is 2.92 bits per heavy atom. The lowest BCUT2D eigenvalue weighted by Crippen LogP contribution is -2.48. The zero-order valence-corrected chi connectivity index (χ0v) is 16.9. The van der Waals surface area contributed by atoms with Gasteiger partial charge in [0.2, 0.25) is 0 Å². The molecular formula is C17H25N5S3. The Labute approximate surface area is 162 Å². The fraction of sp³-hybridized carbons (Fsp3) is 0.529. The van der Waals surface area contributed by atoms with Crippen molar-refractivity contribution in [3.8, 4) is 0 Å². The molecule has 25 heavy (non-hydrogen) atoms. The van der Waals surface area contributed by atoms with Gasteiger partial charge in [-0.3, -0.25) is 4.99 Å². The van der Waals surface area contributed by atoms with E-state index in [1.807, 2.05) is 41.7 Å². The fourth-order valence-electron chi connectivity index (χ4n) is 2.80. The average molecular weight is 396 g/mol. The number of hydrogen-bond acceptors (Lipinski definition) is 6. The van der Waals surface area contributed by atoms with Crippen molar-refractivity contribution in [2.24, 2.45) is 4.99 Å². The van der Waals surface area contributed by atoms with Gasteiger partial charge >= 0.3 is 0 Å². The fourth-order valence-corrected chi connectivity index (χ4v) is 5.23. The quantitative estimate of drug-likeness (QED) is 0.325. The highest BCUT2D eigenvalue weighted by molar-refractivity contribution is 8.00. The van der Waals surface area contributed by atoms with Gasteiger partial charge < -0.3 is 15.5 Å². The predicted octanol–water partition coefficient (Wildman–Crippen LogP) is 3.52. The number of thiazole rings is 1. The summed E-state index contributed by atoms with van der Waals surface area (Å²) in [7, 11) is 1.85. The van der Waals surface area contributed by atoms with Crippen LogP contribution in [0.25, 0.3) is 0 Å². The number of anilines is 1. The SMILES string of the molecule is CN=C(NCCCSc1nccs1)NC1CCN(c2cccs2)CC1. The van der Waals surface area contributed by atoms with Gasteiger partial charge in [-0.1, -0.05) is 11.8 Å². The number of piperidine rings is 1. The normalized spacial score (nSPS) is 16.2. The largest absolute Gasteiger partial charge is 0.363 e. The molecule has 3 rings (SSSR count). The molecule has 1 aliphatic heterocycles. The lowest BCUT2D eigenvalue weighted by molar-refractivity contribution is 0.463. The van der Waals surface area contributed by atoms with Crippen LogP contribution in [0.1, 0.15) is 19.3 Å². The van der Waals surface area contributed by atoms with Gasteiger partial charge in [-0.2, -0.15) is 0 Å². The van der Waals surface area contributed by atoms with Gasteiger partial charge in [0.1, 0.15) is 4.34 Å². The van der Waals surface area contributed by atoms with Crippen molar-refractivity contribution in [2.75, 3.05) is 37.3 Å². The third-order valence-corrected chi connectivity index (χ3v) is 7.11. The third kappa shape index (κ3) is 5.90. The number of nitrogens with one attached hydrogen (secondary N) is 2. The van der Waals surface area contributed by atoms with E-state index in [2.05, 4.69) is 43.0 Å². The molecule has 0 unspecified atom stereocenters. The van der Waals surface area contributed by atoms with Crippen molar-refractivity contribution in [1.29, 1.82) is 0 Å². The first-order valence-electron chi connectivity index (χ1n) is 8.63. The van der Waals surface area contributed by atoms with Crippen LogP contribution in [0.15, 0.2) is 38.4 Å². The molecule has 0 aliphatic carbocycles. The molecule has 2 N–H and O–H groups in total. The van der Waals surface area contributed by atoms with Crippen molar-refractivity contribution in [2.45, 2.75) is 29.6 Å². The Hall–Kier alpha value is -1.25. The summed E-state index contributed by atoms with van der Waals surface area (Å²) in [6, 6.07) is 4.85. The van der Waals surface area contributed by atoms with Gasteiger partial charge in [0.25, 0.3) is 0 Å². The Morgan fingerprint density at radius 1 is 1.36 bits per heavy atom. The molecule has 0 atom stereocenters. The van der Waals surface area contributed by atoms with Crippen LogP contribution >= 0.6 is 34.4 Å². The number of aromatic nitrogens is 1. The van der Waals surface area contributed by atoms with Gasteiger partial charge in [-0.15, -0.1) is 22.7 Å². The van der Waals surface area contributed by atoms with Gasteiger partial charge in [0.05, 0.1) is 5.00 Å².